The number of guanidine groups is 1. The highest BCUT2D eigenvalue weighted by Crippen LogP contribution is 2.27. The van der Waals surface area contributed by atoms with Crippen molar-refractivity contribution in [1.29, 1.82) is 0 Å². The number of aliphatic imine (C=N–C) groups is 1. The number of hydrogen-bond acceptors (Lipinski definition) is 5. The van der Waals surface area contributed by atoms with Crippen molar-refractivity contribution in [2.75, 3.05) is 53.5 Å². The van der Waals surface area contributed by atoms with Crippen molar-refractivity contribution in [2.45, 2.75) is 44.1 Å². The van der Waals surface area contributed by atoms with E-state index in [0.29, 0.717) is 5.92 Å². The van der Waals surface area contributed by atoms with Crippen LogP contribution in [0, 0.1) is 0 Å². The number of piperidine rings is 1. The standard InChI is InChI=1S/C18H33N7O.HI/c1-4-19-17(20-13-18(24(2)3)7-11-26-12-8-18)25-9-5-15(6-10-25)16-21-14-22-23-16;/h14-15H,4-13H2,1-3H3,(H,19,20)(H,21,22,23);1H. The number of hydrogen-bond donors (Lipinski definition) is 2. The molecule has 2 fully saturated rings. The minimum atomic E-state index is 0. The topological polar surface area (TPSA) is 81.7 Å². The molecule has 0 spiro atoms. The first-order valence-corrected chi connectivity index (χ1v) is 9.78. The fourth-order valence-corrected chi connectivity index (χ4v) is 3.92. The molecule has 0 unspecified atom stereocenters. The Kier molecular flexibility index (Phi) is 8.74. The molecule has 1 aromatic rings. The minimum absolute atomic E-state index is 0. The molecule has 0 saturated carbocycles. The molecule has 0 radical (unpaired) electrons. The zero-order valence-electron chi connectivity index (χ0n) is 16.8. The molecule has 2 saturated heterocycles. The molecule has 3 heterocycles. The van der Waals surface area contributed by atoms with E-state index in [0.717, 1.165) is 76.9 Å². The van der Waals surface area contributed by atoms with Crippen LogP contribution in [0.2, 0.25) is 0 Å². The van der Waals surface area contributed by atoms with Gasteiger partial charge in [-0.05, 0) is 46.7 Å². The van der Waals surface area contributed by atoms with Crippen LogP contribution in [0.3, 0.4) is 0 Å². The van der Waals surface area contributed by atoms with Gasteiger partial charge in [0.05, 0.1) is 6.54 Å². The van der Waals surface area contributed by atoms with Gasteiger partial charge in [-0.3, -0.25) is 10.1 Å². The number of nitrogens with one attached hydrogen (secondary N) is 2. The Morgan fingerprint density at radius 3 is 2.63 bits per heavy atom. The Bertz CT molecular complexity index is 564. The normalized spacial score (nSPS) is 21.2. The van der Waals surface area contributed by atoms with Gasteiger partial charge in [0.1, 0.15) is 12.2 Å². The number of H-pyrrole nitrogens is 1. The maximum Gasteiger partial charge on any atom is 0.193 e. The summed E-state index contributed by atoms with van der Waals surface area (Å²) in [5, 5.41) is 10.5. The Hall–Kier alpha value is -0.940. The molecule has 1 aromatic heterocycles. The van der Waals surface area contributed by atoms with Crippen LogP contribution in [0.4, 0.5) is 0 Å². The van der Waals surface area contributed by atoms with Gasteiger partial charge in [0.25, 0.3) is 0 Å². The predicted molar refractivity (Wildman–Crippen MR) is 118 cm³/mol. The largest absolute Gasteiger partial charge is 0.381 e. The second kappa shape index (κ2) is 10.6. The molecular formula is C18H34IN7O. The lowest BCUT2D eigenvalue weighted by molar-refractivity contribution is -0.00266. The number of ether oxygens (including phenoxy) is 1. The van der Waals surface area contributed by atoms with Crippen LogP contribution in [-0.2, 0) is 4.74 Å². The van der Waals surface area contributed by atoms with Crippen LogP contribution in [0.25, 0.3) is 0 Å². The summed E-state index contributed by atoms with van der Waals surface area (Å²) >= 11 is 0. The Labute approximate surface area is 179 Å². The van der Waals surface area contributed by atoms with Crippen molar-refractivity contribution in [3.63, 3.8) is 0 Å². The number of nitrogens with zero attached hydrogens (tertiary/aromatic N) is 5. The Balaban J connectivity index is 0.00000261. The summed E-state index contributed by atoms with van der Waals surface area (Å²) in [4.78, 5) is 14.1. The number of rotatable bonds is 5. The maximum absolute atomic E-state index is 5.58. The van der Waals surface area contributed by atoms with E-state index in [1.807, 2.05) is 0 Å². The van der Waals surface area contributed by atoms with E-state index in [1.54, 1.807) is 6.33 Å². The fourth-order valence-electron chi connectivity index (χ4n) is 3.92. The lowest BCUT2D eigenvalue weighted by atomic mass is 9.89. The number of aromatic amines is 1. The summed E-state index contributed by atoms with van der Waals surface area (Å²) in [6.45, 7) is 7.48. The smallest absolute Gasteiger partial charge is 0.193 e. The average Bonchev–Trinajstić information content (AvgIpc) is 3.21. The SMILES string of the molecule is CCNC(=NCC1(N(C)C)CCOCC1)N1CCC(c2ncn[nH]2)CC1.I. The highest BCUT2D eigenvalue weighted by atomic mass is 127. The molecule has 9 heteroatoms. The first kappa shape index (κ1) is 22.4. The summed E-state index contributed by atoms with van der Waals surface area (Å²) < 4.78 is 5.58. The molecule has 2 N–H and O–H groups in total. The zero-order valence-corrected chi connectivity index (χ0v) is 19.1. The van der Waals surface area contributed by atoms with Gasteiger partial charge >= 0.3 is 0 Å². The lowest BCUT2D eigenvalue weighted by Gasteiger charge is -2.42. The summed E-state index contributed by atoms with van der Waals surface area (Å²) in [5.41, 5.74) is 0.108. The summed E-state index contributed by atoms with van der Waals surface area (Å²) in [5.74, 6) is 2.52. The number of likely N-dealkylation sites (N-methyl/N-ethyl adjacent to an activating group) is 1. The van der Waals surface area contributed by atoms with E-state index < -0.39 is 0 Å². The molecule has 0 atom stereocenters. The minimum Gasteiger partial charge on any atom is -0.381 e. The lowest BCUT2D eigenvalue weighted by Crippen LogP contribution is -2.52. The van der Waals surface area contributed by atoms with E-state index in [4.69, 9.17) is 9.73 Å². The van der Waals surface area contributed by atoms with Gasteiger partial charge in [0.15, 0.2) is 5.96 Å². The van der Waals surface area contributed by atoms with Gasteiger partial charge in [0, 0.05) is 44.3 Å². The van der Waals surface area contributed by atoms with Crippen LogP contribution in [0.5, 0.6) is 0 Å². The molecule has 0 aromatic carbocycles. The molecule has 0 aliphatic carbocycles. The fraction of sp³-hybridized carbons (Fsp3) is 0.833. The molecule has 2 aliphatic rings. The van der Waals surface area contributed by atoms with Gasteiger partial charge in [-0.15, -0.1) is 24.0 Å². The Morgan fingerprint density at radius 2 is 2.07 bits per heavy atom. The average molecular weight is 491 g/mol. The maximum atomic E-state index is 5.58. The molecule has 3 rings (SSSR count). The van der Waals surface area contributed by atoms with Crippen molar-refractivity contribution in [3.05, 3.63) is 12.2 Å². The first-order chi connectivity index (χ1) is 12.6. The number of halogens is 1. The molecule has 27 heavy (non-hydrogen) atoms. The van der Waals surface area contributed by atoms with Crippen LogP contribution in [-0.4, -0.2) is 90.0 Å². The van der Waals surface area contributed by atoms with Crippen molar-refractivity contribution < 1.29 is 4.74 Å². The summed E-state index contributed by atoms with van der Waals surface area (Å²) in [7, 11) is 4.33. The molecule has 154 valence electrons. The van der Waals surface area contributed by atoms with Gasteiger partial charge < -0.3 is 19.9 Å². The third-order valence-corrected chi connectivity index (χ3v) is 5.85. The van der Waals surface area contributed by atoms with E-state index in [-0.39, 0.29) is 29.5 Å². The van der Waals surface area contributed by atoms with Crippen LogP contribution < -0.4 is 5.32 Å². The number of likely N-dealkylation sites (tertiary alicyclic amines) is 1. The second-order valence-electron chi connectivity index (χ2n) is 7.53. The van der Waals surface area contributed by atoms with Crippen molar-refractivity contribution in [1.82, 2.24) is 30.3 Å². The van der Waals surface area contributed by atoms with Crippen molar-refractivity contribution in [2.24, 2.45) is 4.99 Å². The van der Waals surface area contributed by atoms with Crippen molar-refractivity contribution >= 4 is 29.9 Å². The van der Waals surface area contributed by atoms with Gasteiger partial charge in [-0.25, -0.2) is 4.98 Å². The highest BCUT2D eigenvalue weighted by Gasteiger charge is 2.35. The van der Waals surface area contributed by atoms with Gasteiger partial charge in [0.2, 0.25) is 0 Å². The predicted octanol–water partition coefficient (Wildman–Crippen LogP) is 1.68. The summed E-state index contributed by atoms with van der Waals surface area (Å²) in [6, 6.07) is 0. The van der Waals surface area contributed by atoms with Crippen LogP contribution in [0.15, 0.2) is 11.3 Å². The molecule has 0 amide bonds. The van der Waals surface area contributed by atoms with Crippen LogP contribution in [0.1, 0.15) is 44.3 Å². The van der Waals surface area contributed by atoms with E-state index in [9.17, 15) is 0 Å². The van der Waals surface area contributed by atoms with Crippen molar-refractivity contribution in [3.8, 4) is 0 Å². The van der Waals surface area contributed by atoms with Gasteiger partial charge in [-0.2, -0.15) is 5.10 Å². The quantitative estimate of drug-likeness (QED) is 0.371. The second-order valence-corrected chi connectivity index (χ2v) is 7.53. The highest BCUT2D eigenvalue weighted by molar-refractivity contribution is 14.0. The third-order valence-electron chi connectivity index (χ3n) is 5.85. The Morgan fingerprint density at radius 1 is 1.37 bits per heavy atom. The van der Waals surface area contributed by atoms with Crippen LogP contribution >= 0.6 is 24.0 Å². The third kappa shape index (κ3) is 5.54. The molecule has 0 bridgehead atoms. The monoisotopic (exact) mass is 491 g/mol. The molecule has 8 nitrogen and oxygen atoms in total. The summed E-state index contributed by atoms with van der Waals surface area (Å²) in [6.07, 6.45) is 5.83. The molecular weight excluding hydrogens is 457 g/mol. The van der Waals surface area contributed by atoms with Gasteiger partial charge in [-0.1, -0.05) is 0 Å². The first-order valence-electron chi connectivity index (χ1n) is 9.78. The van der Waals surface area contributed by atoms with E-state index in [2.05, 4.69) is 51.3 Å². The van der Waals surface area contributed by atoms with E-state index >= 15 is 0 Å². The molecule has 2 aliphatic heterocycles. The van der Waals surface area contributed by atoms with E-state index in [1.165, 1.54) is 0 Å². The zero-order chi connectivity index (χ0) is 18.4. The number of aromatic nitrogens is 3.